The predicted octanol–water partition coefficient (Wildman–Crippen LogP) is 1.33. The SMILES string of the molecule is COC(=O)[C@H]1CNCC12CCCCC2. The molecule has 0 aromatic heterocycles. The predicted molar refractivity (Wildman–Crippen MR) is 53.9 cm³/mol. The van der Waals surface area contributed by atoms with Crippen LogP contribution in [-0.4, -0.2) is 26.2 Å². The highest BCUT2D eigenvalue weighted by Crippen LogP contribution is 2.45. The van der Waals surface area contributed by atoms with E-state index in [1.807, 2.05) is 0 Å². The van der Waals surface area contributed by atoms with Gasteiger partial charge in [0.25, 0.3) is 0 Å². The van der Waals surface area contributed by atoms with E-state index in [4.69, 9.17) is 4.74 Å². The van der Waals surface area contributed by atoms with Gasteiger partial charge in [-0.2, -0.15) is 0 Å². The van der Waals surface area contributed by atoms with Gasteiger partial charge in [-0.25, -0.2) is 0 Å². The first-order valence-corrected chi connectivity index (χ1v) is 5.57. The van der Waals surface area contributed by atoms with E-state index in [-0.39, 0.29) is 17.3 Å². The third kappa shape index (κ3) is 1.54. The molecule has 1 heterocycles. The van der Waals surface area contributed by atoms with Gasteiger partial charge in [0.2, 0.25) is 0 Å². The van der Waals surface area contributed by atoms with Crippen molar-refractivity contribution in [3.05, 3.63) is 0 Å². The molecule has 3 heteroatoms. The second-order valence-corrected chi connectivity index (χ2v) is 4.63. The van der Waals surface area contributed by atoms with Crippen LogP contribution in [0.3, 0.4) is 0 Å². The highest BCUT2D eigenvalue weighted by molar-refractivity contribution is 5.74. The van der Waals surface area contributed by atoms with Gasteiger partial charge in [-0.05, 0) is 18.3 Å². The fraction of sp³-hybridized carbons (Fsp3) is 0.909. The number of hydrogen-bond donors (Lipinski definition) is 1. The van der Waals surface area contributed by atoms with Crippen molar-refractivity contribution < 1.29 is 9.53 Å². The summed E-state index contributed by atoms with van der Waals surface area (Å²) in [6.07, 6.45) is 6.26. The topological polar surface area (TPSA) is 38.3 Å². The molecular formula is C11H19NO2. The van der Waals surface area contributed by atoms with E-state index in [0.717, 1.165) is 13.1 Å². The lowest BCUT2D eigenvalue weighted by molar-refractivity contribution is -0.149. The molecule has 1 saturated carbocycles. The molecule has 0 bridgehead atoms. The summed E-state index contributed by atoms with van der Waals surface area (Å²) in [7, 11) is 1.50. The van der Waals surface area contributed by atoms with Gasteiger partial charge in [0, 0.05) is 13.1 Å². The lowest BCUT2D eigenvalue weighted by atomic mass is 9.68. The van der Waals surface area contributed by atoms with Crippen LogP contribution >= 0.6 is 0 Å². The molecule has 1 saturated heterocycles. The Hall–Kier alpha value is -0.570. The minimum Gasteiger partial charge on any atom is -0.469 e. The number of nitrogens with one attached hydrogen (secondary N) is 1. The second-order valence-electron chi connectivity index (χ2n) is 4.63. The van der Waals surface area contributed by atoms with Crippen molar-refractivity contribution in [3.8, 4) is 0 Å². The fourth-order valence-corrected chi connectivity index (χ4v) is 3.06. The monoisotopic (exact) mass is 197 g/mol. The van der Waals surface area contributed by atoms with E-state index in [2.05, 4.69) is 5.32 Å². The number of carbonyl (C=O) groups is 1. The van der Waals surface area contributed by atoms with Crippen molar-refractivity contribution in [1.82, 2.24) is 5.32 Å². The molecule has 1 atom stereocenters. The number of hydrogen-bond acceptors (Lipinski definition) is 3. The first-order chi connectivity index (χ1) is 6.78. The molecule has 0 radical (unpaired) electrons. The van der Waals surface area contributed by atoms with Crippen LogP contribution in [-0.2, 0) is 9.53 Å². The Balaban J connectivity index is 2.11. The summed E-state index contributed by atoms with van der Waals surface area (Å²) >= 11 is 0. The van der Waals surface area contributed by atoms with Crippen LogP contribution in [0.4, 0.5) is 0 Å². The van der Waals surface area contributed by atoms with Crippen LogP contribution in [0.2, 0.25) is 0 Å². The van der Waals surface area contributed by atoms with E-state index in [0.29, 0.717) is 0 Å². The van der Waals surface area contributed by atoms with E-state index < -0.39 is 0 Å². The summed E-state index contributed by atoms with van der Waals surface area (Å²) in [6, 6.07) is 0. The average Bonchev–Trinajstić information content (AvgIpc) is 2.62. The van der Waals surface area contributed by atoms with Gasteiger partial charge in [0.05, 0.1) is 13.0 Å². The van der Waals surface area contributed by atoms with Crippen molar-refractivity contribution in [1.29, 1.82) is 0 Å². The number of carbonyl (C=O) groups excluding carboxylic acids is 1. The Morgan fingerprint density at radius 1 is 1.36 bits per heavy atom. The summed E-state index contributed by atoms with van der Waals surface area (Å²) < 4.78 is 4.88. The van der Waals surface area contributed by atoms with Crippen molar-refractivity contribution in [2.24, 2.45) is 11.3 Å². The van der Waals surface area contributed by atoms with Gasteiger partial charge in [-0.3, -0.25) is 4.79 Å². The average molecular weight is 197 g/mol. The Morgan fingerprint density at radius 3 is 2.71 bits per heavy atom. The Morgan fingerprint density at radius 2 is 2.07 bits per heavy atom. The standard InChI is InChI=1S/C11H19NO2/c1-14-10(13)9-7-12-8-11(9)5-3-2-4-6-11/h9,12H,2-8H2,1H3/t9-/m1/s1. The molecule has 80 valence electrons. The van der Waals surface area contributed by atoms with Crippen LogP contribution in [0.1, 0.15) is 32.1 Å². The number of ether oxygens (including phenoxy) is 1. The largest absolute Gasteiger partial charge is 0.469 e. The summed E-state index contributed by atoms with van der Waals surface area (Å²) in [4.78, 5) is 11.6. The third-order valence-electron chi connectivity index (χ3n) is 3.90. The van der Waals surface area contributed by atoms with Gasteiger partial charge < -0.3 is 10.1 Å². The van der Waals surface area contributed by atoms with Gasteiger partial charge >= 0.3 is 5.97 Å². The molecule has 1 spiro atoms. The second kappa shape index (κ2) is 3.89. The van der Waals surface area contributed by atoms with Crippen LogP contribution < -0.4 is 5.32 Å². The zero-order chi connectivity index (χ0) is 10.0. The summed E-state index contributed by atoms with van der Waals surface area (Å²) in [5.41, 5.74) is 0.228. The minimum atomic E-state index is -0.0168. The fourth-order valence-electron chi connectivity index (χ4n) is 3.06. The molecule has 0 aromatic carbocycles. The van der Waals surface area contributed by atoms with Gasteiger partial charge in [0.1, 0.15) is 0 Å². The lowest BCUT2D eigenvalue weighted by Crippen LogP contribution is -2.37. The first-order valence-electron chi connectivity index (χ1n) is 5.57. The molecule has 1 N–H and O–H groups in total. The lowest BCUT2D eigenvalue weighted by Gasteiger charge is -2.36. The van der Waals surface area contributed by atoms with Crippen molar-refractivity contribution in [3.63, 3.8) is 0 Å². The molecule has 0 amide bonds. The number of methoxy groups -OCH3 is 1. The van der Waals surface area contributed by atoms with Gasteiger partial charge in [-0.1, -0.05) is 19.3 Å². The van der Waals surface area contributed by atoms with Crippen LogP contribution in [0.15, 0.2) is 0 Å². The maximum Gasteiger partial charge on any atom is 0.310 e. The molecule has 14 heavy (non-hydrogen) atoms. The molecule has 2 aliphatic rings. The molecule has 3 nitrogen and oxygen atoms in total. The smallest absolute Gasteiger partial charge is 0.310 e. The van der Waals surface area contributed by atoms with Crippen LogP contribution in [0.5, 0.6) is 0 Å². The third-order valence-corrected chi connectivity index (χ3v) is 3.90. The van der Waals surface area contributed by atoms with E-state index in [1.165, 1.54) is 39.2 Å². The molecule has 0 unspecified atom stereocenters. The molecular weight excluding hydrogens is 178 g/mol. The minimum absolute atomic E-state index is 0.0168. The van der Waals surface area contributed by atoms with E-state index in [1.54, 1.807) is 0 Å². The summed E-state index contributed by atoms with van der Waals surface area (Å²) in [6.45, 7) is 1.82. The van der Waals surface area contributed by atoms with E-state index in [9.17, 15) is 4.79 Å². The van der Waals surface area contributed by atoms with Gasteiger partial charge in [-0.15, -0.1) is 0 Å². The molecule has 1 aliphatic heterocycles. The summed E-state index contributed by atoms with van der Waals surface area (Å²) in [5.74, 6) is 0.0877. The molecule has 1 aliphatic carbocycles. The highest BCUT2D eigenvalue weighted by atomic mass is 16.5. The number of rotatable bonds is 1. The Labute approximate surface area is 85.2 Å². The maximum atomic E-state index is 11.6. The molecule has 0 aromatic rings. The summed E-state index contributed by atoms with van der Waals surface area (Å²) in [5, 5.41) is 3.35. The zero-order valence-electron chi connectivity index (χ0n) is 8.84. The van der Waals surface area contributed by atoms with Gasteiger partial charge in [0.15, 0.2) is 0 Å². The van der Waals surface area contributed by atoms with Crippen LogP contribution in [0, 0.1) is 11.3 Å². The van der Waals surface area contributed by atoms with Crippen molar-refractivity contribution >= 4 is 5.97 Å². The van der Waals surface area contributed by atoms with Crippen molar-refractivity contribution in [2.75, 3.05) is 20.2 Å². The van der Waals surface area contributed by atoms with Crippen LogP contribution in [0.25, 0.3) is 0 Å². The first kappa shape index (κ1) is 9.97. The van der Waals surface area contributed by atoms with Crippen molar-refractivity contribution in [2.45, 2.75) is 32.1 Å². The zero-order valence-corrected chi connectivity index (χ0v) is 8.84. The number of esters is 1. The molecule has 2 fully saturated rings. The van der Waals surface area contributed by atoms with E-state index >= 15 is 0 Å². The Bertz CT molecular complexity index is 221. The normalized spacial score (nSPS) is 30.5. The quantitative estimate of drug-likeness (QED) is 0.644. The highest BCUT2D eigenvalue weighted by Gasteiger charge is 2.47. The Kier molecular flexibility index (Phi) is 2.77. The molecule has 2 rings (SSSR count). The maximum absolute atomic E-state index is 11.6.